The molecule has 47 heavy (non-hydrogen) atoms. The zero-order valence-corrected chi connectivity index (χ0v) is 26.9. The number of phenolic OH excluding ortho intramolecular Hbond substituents is 1. The Hall–Kier alpha value is -5.62. The standard InChI is InChI=1S/C42H28N2OS2/c45-32-26-30(43(28-13-3-1-4-14-28)35-19-11-23-39-41(35)33-17-7-9-21-37(33)46-39)25-31(27-32)44(29-15-5-2-6-16-29)36-20-12-24-40-42(36)34-18-8-10-22-38(34)47-40/h1-27,45H. The van der Waals surface area contributed by atoms with E-state index >= 15 is 0 Å². The van der Waals surface area contributed by atoms with Crippen molar-refractivity contribution in [1.82, 2.24) is 0 Å². The summed E-state index contributed by atoms with van der Waals surface area (Å²) in [6, 6.07) is 57.0. The molecule has 0 spiro atoms. The van der Waals surface area contributed by atoms with Gasteiger partial charge in [-0.25, -0.2) is 0 Å². The van der Waals surface area contributed by atoms with Gasteiger partial charge in [-0.3, -0.25) is 0 Å². The van der Waals surface area contributed by atoms with Crippen LogP contribution in [0.1, 0.15) is 0 Å². The fourth-order valence-electron chi connectivity index (χ4n) is 6.73. The third-order valence-corrected chi connectivity index (χ3v) is 10.9. The van der Waals surface area contributed by atoms with Gasteiger partial charge in [-0.15, -0.1) is 22.7 Å². The van der Waals surface area contributed by atoms with Crippen LogP contribution in [0, 0.1) is 0 Å². The number of phenols is 1. The molecule has 0 aliphatic heterocycles. The maximum absolute atomic E-state index is 11.5. The van der Waals surface area contributed by atoms with Gasteiger partial charge in [-0.05, 0) is 66.7 Å². The van der Waals surface area contributed by atoms with Crippen LogP contribution in [0.3, 0.4) is 0 Å². The summed E-state index contributed by atoms with van der Waals surface area (Å²) in [5.41, 5.74) is 5.92. The third kappa shape index (κ3) is 4.71. The molecule has 0 radical (unpaired) electrons. The minimum absolute atomic E-state index is 0.198. The lowest BCUT2D eigenvalue weighted by Gasteiger charge is -2.30. The summed E-state index contributed by atoms with van der Waals surface area (Å²) in [4.78, 5) is 4.54. The zero-order valence-electron chi connectivity index (χ0n) is 25.2. The topological polar surface area (TPSA) is 26.7 Å². The summed E-state index contributed by atoms with van der Waals surface area (Å²) in [6.45, 7) is 0. The number of benzene rings is 7. The molecule has 2 heterocycles. The van der Waals surface area contributed by atoms with Crippen LogP contribution in [0.2, 0.25) is 0 Å². The molecule has 0 saturated carbocycles. The van der Waals surface area contributed by atoms with Crippen LogP contribution in [0.5, 0.6) is 5.75 Å². The molecule has 9 rings (SSSR count). The van der Waals surface area contributed by atoms with Crippen LogP contribution in [0.4, 0.5) is 34.1 Å². The average Bonchev–Trinajstić information content (AvgIpc) is 3.69. The van der Waals surface area contributed by atoms with Crippen molar-refractivity contribution in [2.75, 3.05) is 9.80 Å². The molecule has 0 saturated heterocycles. The van der Waals surface area contributed by atoms with Crippen LogP contribution in [-0.2, 0) is 0 Å². The van der Waals surface area contributed by atoms with Crippen LogP contribution in [-0.4, -0.2) is 5.11 Å². The molecule has 0 aliphatic rings. The van der Waals surface area contributed by atoms with Gasteiger partial charge in [0.05, 0.1) is 22.7 Å². The van der Waals surface area contributed by atoms with E-state index in [4.69, 9.17) is 0 Å². The number of rotatable bonds is 6. The lowest BCUT2D eigenvalue weighted by atomic mass is 10.1. The van der Waals surface area contributed by atoms with E-state index in [0.717, 1.165) is 34.1 Å². The minimum Gasteiger partial charge on any atom is -0.508 e. The first-order chi connectivity index (χ1) is 23.2. The predicted octanol–water partition coefficient (Wildman–Crippen LogP) is 13.1. The molecule has 2 aromatic heterocycles. The van der Waals surface area contributed by atoms with E-state index < -0.39 is 0 Å². The highest BCUT2D eigenvalue weighted by atomic mass is 32.1. The molecule has 0 amide bonds. The van der Waals surface area contributed by atoms with Gasteiger partial charge in [0.2, 0.25) is 0 Å². The highest BCUT2D eigenvalue weighted by molar-refractivity contribution is 7.26. The molecule has 9 aromatic rings. The van der Waals surface area contributed by atoms with E-state index in [1.165, 1.54) is 40.3 Å². The van der Waals surface area contributed by atoms with Gasteiger partial charge in [0.25, 0.3) is 0 Å². The Kier molecular flexibility index (Phi) is 6.66. The molecule has 0 bridgehead atoms. The summed E-state index contributed by atoms with van der Waals surface area (Å²) in [6.07, 6.45) is 0. The second kappa shape index (κ2) is 11.3. The number of hydrogen-bond donors (Lipinski definition) is 1. The quantitative estimate of drug-likeness (QED) is 0.196. The summed E-state index contributed by atoms with van der Waals surface area (Å²) in [5, 5.41) is 16.4. The van der Waals surface area contributed by atoms with Crippen molar-refractivity contribution in [2.24, 2.45) is 0 Å². The highest BCUT2D eigenvalue weighted by Gasteiger charge is 2.23. The fourth-order valence-corrected chi connectivity index (χ4v) is 8.98. The number of para-hydroxylation sites is 2. The zero-order chi connectivity index (χ0) is 31.3. The molecule has 7 aromatic carbocycles. The predicted molar refractivity (Wildman–Crippen MR) is 203 cm³/mol. The van der Waals surface area contributed by atoms with Gasteiger partial charge in [0, 0.05) is 63.9 Å². The molecule has 224 valence electrons. The molecule has 0 atom stereocenters. The Morgan fingerprint density at radius 2 is 0.766 bits per heavy atom. The number of hydrogen-bond acceptors (Lipinski definition) is 5. The van der Waals surface area contributed by atoms with Crippen molar-refractivity contribution in [1.29, 1.82) is 0 Å². The first kappa shape index (κ1) is 27.7. The normalized spacial score (nSPS) is 11.5. The van der Waals surface area contributed by atoms with Gasteiger partial charge in [-0.2, -0.15) is 0 Å². The number of thiophene rings is 2. The second-order valence-corrected chi connectivity index (χ2v) is 13.7. The van der Waals surface area contributed by atoms with Crippen molar-refractivity contribution >= 4 is 97.1 Å². The maximum atomic E-state index is 11.5. The van der Waals surface area contributed by atoms with Crippen molar-refractivity contribution < 1.29 is 5.11 Å². The van der Waals surface area contributed by atoms with Crippen LogP contribution >= 0.6 is 22.7 Å². The summed E-state index contributed by atoms with van der Waals surface area (Å²) in [5.74, 6) is 0.198. The van der Waals surface area contributed by atoms with Gasteiger partial charge in [0.15, 0.2) is 0 Å². The summed E-state index contributed by atoms with van der Waals surface area (Å²) < 4.78 is 4.97. The van der Waals surface area contributed by atoms with Gasteiger partial charge >= 0.3 is 0 Å². The van der Waals surface area contributed by atoms with E-state index in [2.05, 4.69) is 149 Å². The van der Waals surface area contributed by atoms with Gasteiger partial charge in [0.1, 0.15) is 5.75 Å². The third-order valence-electron chi connectivity index (χ3n) is 8.68. The molecule has 1 N–H and O–H groups in total. The van der Waals surface area contributed by atoms with E-state index in [-0.39, 0.29) is 5.75 Å². The van der Waals surface area contributed by atoms with Crippen molar-refractivity contribution in [3.8, 4) is 5.75 Å². The minimum atomic E-state index is 0.198. The van der Waals surface area contributed by atoms with E-state index in [1.54, 1.807) is 0 Å². The van der Waals surface area contributed by atoms with Crippen LogP contribution in [0.25, 0.3) is 40.3 Å². The smallest absolute Gasteiger partial charge is 0.119 e. The second-order valence-electron chi connectivity index (χ2n) is 11.5. The Morgan fingerprint density at radius 1 is 0.362 bits per heavy atom. The van der Waals surface area contributed by atoms with E-state index in [1.807, 2.05) is 46.9 Å². The maximum Gasteiger partial charge on any atom is 0.119 e. The molecule has 5 heteroatoms. The number of aromatic hydroxyl groups is 1. The van der Waals surface area contributed by atoms with E-state index in [0.29, 0.717) is 0 Å². The average molecular weight is 641 g/mol. The number of anilines is 6. The first-order valence-electron chi connectivity index (χ1n) is 15.6. The molecule has 3 nitrogen and oxygen atoms in total. The van der Waals surface area contributed by atoms with Crippen LogP contribution in [0.15, 0.2) is 164 Å². The summed E-state index contributed by atoms with van der Waals surface area (Å²) in [7, 11) is 0. The van der Waals surface area contributed by atoms with Crippen molar-refractivity contribution in [3.63, 3.8) is 0 Å². The van der Waals surface area contributed by atoms with Gasteiger partial charge in [-0.1, -0.05) is 84.9 Å². The Balaban J connectivity index is 1.31. The Morgan fingerprint density at radius 3 is 1.23 bits per heavy atom. The highest BCUT2D eigenvalue weighted by Crippen LogP contribution is 2.49. The van der Waals surface area contributed by atoms with Crippen LogP contribution < -0.4 is 9.80 Å². The SMILES string of the molecule is Oc1cc(N(c2ccccc2)c2cccc3sc4ccccc4c23)cc(N(c2ccccc2)c2cccc3sc4ccccc4c23)c1. The first-order valence-corrected chi connectivity index (χ1v) is 17.2. The lowest BCUT2D eigenvalue weighted by Crippen LogP contribution is -2.13. The fraction of sp³-hybridized carbons (Fsp3) is 0. The molecule has 0 fully saturated rings. The van der Waals surface area contributed by atoms with E-state index in [9.17, 15) is 5.11 Å². The molecule has 0 unspecified atom stereocenters. The van der Waals surface area contributed by atoms with Crippen molar-refractivity contribution in [3.05, 3.63) is 164 Å². The monoisotopic (exact) mass is 640 g/mol. The largest absolute Gasteiger partial charge is 0.508 e. The lowest BCUT2D eigenvalue weighted by molar-refractivity contribution is 0.475. The Bertz CT molecular complexity index is 2380. The summed E-state index contributed by atoms with van der Waals surface area (Å²) >= 11 is 3.62. The molecular weight excluding hydrogens is 613 g/mol. The molecular formula is C42H28N2OS2. The van der Waals surface area contributed by atoms with Crippen molar-refractivity contribution in [2.45, 2.75) is 0 Å². The number of fused-ring (bicyclic) bond motifs is 6. The Labute approximate surface area is 280 Å². The number of nitrogens with zero attached hydrogens (tertiary/aromatic N) is 2. The molecule has 0 aliphatic carbocycles. The van der Waals surface area contributed by atoms with Gasteiger partial charge < -0.3 is 14.9 Å².